The summed E-state index contributed by atoms with van der Waals surface area (Å²) in [5.74, 6) is 0. The summed E-state index contributed by atoms with van der Waals surface area (Å²) < 4.78 is 0. The van der Waals surface area contributed by atoms with Gasteiger partial charge in [0.25, 0.3) is 0 Å². The smallest absolute Gasteiger partial charge is 0.163 e. The molecule has 0 radical (unpaired) electrons. The molecule has 0 bridgehead atoms. The molecule has 0 aromatic carbocycles. The fraction of sp³-hybridized carbons (Fsp3) is 0.167. The highest BCUT2D eigenvalue weighted by atomic mass is 14.7. The maximum Gasteiger partial charge on any atom is 0.163 e. The van der Waals surface area contributed by atoms with Crippen LogP contribution in [0.5, 0.6) is 0 Å². The van der Waals surface area contributed by atoms with Crippen molar-refractivity contribution in [1.82, 2.24) is 4.98 Å². The first-order chi connectivity index (χ1) is 4.33. The van der Waals surface area contributed by atoms with Crippen LogP contribution >= 0.6 is 0 Å². The topological polar surface area (TPSA) is 38.9 Å². The summed E-state index contributed by atoms with van der Waals surface area (Å²) in [4.78, 5) is 4.17. The van der Waals surface area contributed by atoms with Crippen LogP contribution in [-0.2, 0) is 6.54 Å². The molecule has 1 aromatic heterocycles. The van der Waals surface area contributed by atoms with Gasteiger partial charge in [-0.2, -0.15) is 0 Å². The molecule has 0 aliphatic rings. The Morgan fingerprint density at radius 2 is 2.33 bits per heavy atom. The number of nitrogens with two attached hydrogens (primary N) is 1. The van der Waals surface area contributed by atoms with Crippen molar-refractivity contribution < 1.29 is 0 Å². The second-order valence-electron chi connectivity index (χ2n) is 1.97. The fourth-order valence-electron chi connectivity index (χ4n) is 0.713. The molecule has 0 atom stereocenters. The van der Waals surface area contributed by atoms with E-state index in [1.807, 2.05) is 26.0 Å². The third-order valence-corrected chi connectivity index (χ3v) is 1.16. The van der Waals surface area contributed by atoms with Gasteiger partial charge >= 0.3 is 0 Å². The number of aromatic nitrogens is 1. The number of pyridine rings is 1. The lowest BCUT2D eigenvalue weighted by Crippen LogP contribution is -2.11. The zero-order valence-corrected chi connectivity index (χ0v) is 5.46. The summed E-state index contributed by atoms with van der Waals surface area (Å²) in [5, 5.41) is 0. The lowest BCUT2D eigenvalue weighted by atomic mass is 10.0. The van der Waals surface area contributed by atoms with Gasteiger partial charge in [-0.3, -0.25) is 4.98 Å². The minimum absolute atomic E-state index is 0.529. The van der Waals surface area contributed by atoms with Crippen molar-refractivity contribution in [3.05, 3.63) is 23.9 Å². The van der Waals surface area contributed by atoms with Crippen molar-refractivity contribution in [3.63, 3.8) is 0 Å². The van der Waals surface area contributed by atoms with Crippen LogP contribution < -0.4 is 11.3 Å². The van der Waals surface area contributed by atoms with Crippen molar-refractivity contribution in [2.45, 2.75) is 6.54 Å². The maximum absolute atomic E-state index is 5.36. The molecule has 0 aliphatic carbocycles. The van der Waals surface area contributed by atoms with E-state index in [0.717, 1.165) is 11.3 Å². The normalized spacial score (nSPS) is 9.44. The lowest BCUT2D eigenvalue weighted by molar-refractivity contribution is 1.00. The standard InChI is InChI=1S/C6H9BN2/c7-6-3-1-2-5(4-8)9-6/h1-3H,4,7-8H2. The second-order valence-corrected chi connectivity index (χ2v) is 1.97. The third kappa shape index (κ3) is 1.54. The van der Waals surface area contributed by atoms with Crippen molar-refractivity contribution in [1.29, 1.82) is 0 Å². The van der Waals surface area contributed by atoms with Crippen LogP contribution in [0.2, 0.25) is 0 Å². The lowest BCUT2D eigenvalue weighted by Gasteiger charge is -1.94. The van der Waals surface area contributed by atoms with Crippen molar-refractivity contribution in [3.8, 4) is 0 Å². The van der Waals surface area contributed by atoms with E-state index in [0.29, 0.717) is 6.54 Å². The van der Waals surface area contributed by atoms with E-state index in [1.54, 1.807) is 0 Å². The summed E-state index contributed by atoms with van der Waals surface area (Å²) in [6.45, 7) is 0.529. The Balaban J connectivity index is 2.94. The summed E-state index contributed by atoms with van der Waals surface area (Å²) in [6.07, 6.45) is 0. The van der Waals surface area contributed by atoms with E-state index in [9.17, 15) is 0 Å². The van der Waals surface area contributed by atoms with Gasteiger partial charge in [0.2, 0.25) is 0 Å². The SMILES string of the molecule is Bc1cccc(CN)n1. The monoisotopic (exact) mass is 120 g/mol. The first kappa shape index (κ1) is 6.30. The first-order valence-corrected chi connectivity index (χ1v) is 2.95. The van der Waals surface area contributed by atoms with Gasteiger partial charge in [0.15, 0.2) is 7.85 Å². The molecule has 1 rings (SSSR count). The van der Waals surface area contributed by atoms with Crippen molar-refractivity contribution in [2.75, 3.05) is 0 Å². The van der Waals surface area contributed by atoms with Gasteiger partial charge < -0.3 is 5.73 Å². The highest BCUT2D eigenvalue weighted by molar-refractivity contribution is 6.30. The molecular formula is C6H9BN2. The van der Waals surface area contributed by atoms with Crippen LogP contribution in [0.4, 0.5) is 0 Å². The molecule has 1 aromatic rings. The molecular weight excluding hydrogens is 111 g/mol. The van der Waals surface area contributed by atoms with Gasteiger partial charge in [-0.1, -0.05) is 12.1 Å². The van der Waals surface area contributed by atoms with Gasteiger partial charge in [0.1, 0.15) is 0 Å². The fourth-order valence-corrected chi connectivity index (χ4v) is 0.713. The Hall–Kier alpha value is -0.825. The molecule has 2 nitrogen and oxygen atoms in total. The average Bonchev–Trinajstić information content (AvgIpc) is 1.88. The Kier molecular flexibility index (Phi) is 1.85. The number of rotatable bonds is 1. The predicted molar refractivity (Wildman–Crippen MR) is 40.3 cm³/mol. The summed E-state index contributed by atoms with van der Waals surface area (Å²) in [6, 6.07) is 5.84. The van der Waals surface area contributed by atoms with E-state index < -0.39 is 0 Å². The Morgan fingerprint density at radius 3 is 2.78 bits per heavy atom. The minimum Gasteiger partial charge on any atom is -0.325 e. The van der Waals surface area contributed by atoms with Crippen molar-refractivity contribution in [2.24, 2.45) is 5.73 Å². The highest BCUT2D eigenvalue weighted by Crippen LogP contribution is 1.86. The summed E-state index contributed by atoms with van der Waals surface area (Å²) >= 11 is 0. The van der Waals surface area contributed by atoms with Crippen LogP contribution in [0.25, 0.3) is 0 Å². The maximum atomic E-state index is 5.36. The van der Waals surface area contributed by atoms with Gasteiger partial charge in [-0.25, -0.2) is 0 Å². The summed E-state index contributed by atoms with van der Waals surface area (Å²) in [7, 11) is 1.96. The second kappa shape index (κ2) is 2.64. The van der Waals surface area contributed by atoms with Crippen LogP contribution in [0.1, 0.15) is 5.69 Å². The minimum atomic E-state index is 0.529. The molecule has 0 saturated carbocycles. The van der Waals surface area contributed by atoms with Crippen LogP contribution in [0.15, 0.2) is 18.2 Å². The van der Waals surface area contributed by atoms with Gasteiger partial charge in [0, 0.05) is 6.54 Å². The van der Waals surface area contributed by atoms with Crippen LogP contribution in [0, 0.1) is 0 Å². The largest absolute Gasteiger partial charge is 0.325 e. The van der Waals surface area contributed by atoms with Gasteiger partial charge in [0.05, 0.1) is 5.69 Å². The highest BCUT2D eigenvalue weighted by Gasteiger charge is 1.87. The van der Waals surface area contributed by atoms with E-state index in [-0.39, 0.29) is 0 Å². The number of nitrogens with zero attached hydrogens (tertiary/aromatic N) is 1. The van der Waals surface area contributed by atoms with E-state index >= 15 is 0 Å². The Morgan fingerprint density at radius 1 is 1.56 bits per heavy atom. The Bertz CT molecular complexity index is 200. The number of hydrogen-bond acceptors (Lipinski definition) is 2. The van der Waals surface area contributed by atoms with Crippen LogP contribution in [-0.4, -0.2) is 12.8 Å². The van der Waals surface area contributed by atoms with Crippen LogP contribution in [0.3, 0.4) is 0 Å². The first-order valence-electron chi connectivity index (χ1n) is 2.95. The number of hydrogen-bond donors (Lipinski definition) is 1. The average molecular weight is 120 g/mol. The van der Waals surface area contributed by atoms with E-state index in [4.69, 9.17) is 5.73 Å². The molecule has 0 amide bonds. The molecule has 0 spiro atoms. The molecule has 0 unspecified atom stereocenters. The summed E-state index contributed by atoms with van der Waals surface area (Å²) in [5.41, 5.74) is 7.34. The van der Waals surface area contributed by atoms with E-state index in [1.165, 1.54) is 0 Å². The zero-order chi connectivity index (χ0) is 6.69. The van der Waals surface area contributed by atoms with Gasteiger partial charge in [-0.15, -0.1) is 0 Å². The Labute approximate surface area is 55.5 Å². The molecule has 2 N–H and O–H groups in total. The molecule has 0 aliphatic heterocycles. The molecule has 3 heteroatoms. The molecule has 0 saturated heterocycles. The quantitative estimate of drug-likeness (QED) is 0.472. The zero-order valence-electron chi connectivity index (χ0n) is 5.46. The third-order valence-electron chi connectivity index (χ3n) is 1.16. The molecule has 0 fully saturated rings. The molecule has 46 valence electrons. The molecule has 1 heterocycles. The predicted octanol–water partition coefficient (Wildman–Crippen LogP) is -1.20. The van der Waals surface area contributed by atoms with Crippen molar-refractivity contribution >= 4 is 13.4 Å². The van der Waals surface area contributed by atoms with Gasteiger partial charge in [-0.05, 0) is 11.7 Å². The molecule has 9 heavy (non-hydrogen) atoms. The van der Waals surface area contributed by atoms with E-state index in [2.05, 4.69) is 4.98 Å².